The van der Waals surface area contributed by atoms with E-state index in [0.29, 0.717) is 0 Å². The van der Waals surface area contributed by atoms with Crippen molar-refractivity contribution in [1.29, 1.82) is 0 Å². The summed E-state index contributed by atoms with van der Waals surface area (Å²) < 4.78 is 3.53. The first-order valence-corrected chi connectivity index (χ1v) is 1.54. The Labute approximate surface area is 113 Å². The molecule has 0 aromatic carbocycles. The number of rotatable bonds is 0. The van der Waals surface area contributed by atoms with E-state index in [1.807, 2.05) is 0 Å². The summed E-state index contributed by atoms with van der Waals surface area (Å²) >= 11 is 0. The molecule has 0 unspecified atom stereocenters. The average molecular weight is 206 g/mol. The van der Waals surface area contributed by atoms with Gasteiger partial charge in [-0.25, -0.2) is 4.79 Å². The minimum atomic E-state index is -1.56. The van der Waals surface area contributed by atoms with Gasteiger partial charge in [-0.15, -0.1) is 0 Å². The molecule has 0 saturated heterocycles. The molecule has 0 fully saturated rings. The summed E-state index contributed by atoms with van der Waals surface area (Å²) in [6.07, 6.45) is -1.56. The molecule has 0 atom stereocenters. The summed E-state index contributed by atoms with van der Waals surface area (Å²) in [6.45, 7) is 1.02. The van der Waals surface area contributed by atoms with Crippen molar-refractivity contribution in [2.75, 3.05) is 0 Å². The van der Waals surface area contributed by atoms with E-state index in [0.717, 1.165) is 6.92 Å². The molecule has 0 aliphatic carbocycles. The SMILES string of the molecule is CC(=O)OC(=O)O.O.O.O.[NaH].[NaH]. The van der Waals surface area contributed by atoms with Gasteiger partial charge in [-0.2, -0.15) is 0 Å². The summed E-state index contributed by atoms with van der Waals surface area (Å²) in [5, 5.41) is 7.64. The number of hydrogen-bond donors (Lipinski definition) is 1. The van der Waals surface area contributed by atoms with Crippen LogP contribution >= 0.6 is 0 Å². The summed E-state index contributed by atoms with van der Waals surface area (Å²) in [5.41, 5.74) is 0. The Morgan fingerprint density at radius 3 is 1.33 bits per heavy atom. The van der Waals surface area contributed by atoms with Crippen LogP contribution < -0.4 is 0 Å². The quantitative estimate of drug-likeness (QED) is 0.247. The van der Waals surface area contributed by atoms with Crippen LogP contribution in [0.1, 0.15) is 6.92 Å². The molecule has 0 spiro atoms. The van der Waals surface area contributed by atoms with Crippen LogP contribution in [-0.4, -0.2) is 92.8 Å². The first kappa shape index (κ1) is 38.5. The van der Waals surface area contributed by atoms with Crippen molar-refractivity contribution < 1.29 is 35.9 Å². The molecule has 12 heavy (non-hydrogen) atoms. The minimum absolute atomic E-state index is 0. The van der Waals surface area contributed by atoms with Gasteiger partial charge >= 0.3 is 71.2 Å². The molecule has 68 valence electrons. The molecule has 0 radical (unpaired) electrons. The van der Waals surface area contributed by atoms with Crippen molar-refractivity contribution in [3.63, 3.8) is 0 Å². The monoisotopic (exact) mass is 206 g/mol. The van der Waals surface area contributed by atoms with E-state index >= 15 is 0 Å². The molecule has 0 bridgehead atoms. The predicted octanol–water partition coefficient (Wildman–Crippen LogP) is -3.54. The molecular weight excluding hydrogens is 194 g/mol. The Hall–Kier alpha value is 0.820. The number of ether oxygens (including phenoxy) is 1. The fourth-order valence-corrected chi connectivity index (χ4v) is 0.123. The van der Waals surface area contributed by atoms with Crippen LogP contribution in [-0.2, 0) is 9.53 Å². The van der Waals surface area contributed by atoms with Crippen molar-refractivity contribution in [2.45, 2.75) is 6.92 Å². The van der Waals surface area contributed by atoms with Gasteiger partial charge < -0.3 is 26.3 Å². The molecule has 0 aliphatic rings. The zero-order valence-corrected chi connectivity index (χ0v) is 5.17. The van der Waals surface area contributed by atoms with E-state index in [1.165, 1.54) is 0 Å². The summed E-state index contributed by atoms with van der Waals surface area (Å²) in [6, 6.07) is 0. The van der Waals surface area contributed by atoms with E-state index in [1.54, 1.807) is 0 Å². The molecular formula is C3H12Na2O7. The Morgan fingerprint density at radius 2 is 1.33 bits per heavy atom. The van der Waals surface area contributed by atoms with E-state index < -0.39 is 12.1 Å². The first-order chi connectivity index (χ1) is 3.13. The number of hydrogen-bond acceptors (Lipinski definition) is 3. The Morgan fingerprint density at radius 1 is 1.08 bits per heavy atom. The van der Waals surface area contributed by atoms with Gasteiger partial charge in [0.1, 0.15) is 0 Å². The van der Waals surface area contributed by atoms with Gasteiger partial charge in [-0.05, 0) is 0 Å². The standard InChI is InChI=1S/C3H4O4.2Na.3H2O.2H/c1-2(4)7-3(5)6;;;;;;;/h1H3,(H,5,6);;;3*1H2;;. The second-order valence-corrected chi connectivity index (χ2v) is 0.860. The average Bonchev–Trinajstić information content (AvgIpc) is 1.27. The first-order valence-electron chi connectivity index (χ1n) is 1.54. The van der Waals surface area contributed by atoms with Gasteiger partial charge in [0.25, 0.3) is 0 Å². The van der Waals surface area contributed by atoms with Gasteiger partial charge in [0.15, 0.2) is 0 Å². The zero-order valence-electron chi connectivity index (χ0n) is 5.17. The van der Waals surface area contributed by atoms with Crippen LogP contribution in [0.2, 0.25) is 0 Å². The number of carbonyl (C=O) groups is 2. The number of carboxylic acid groups (broad SMARTS) is 1. The van der Waals surface area contributed by atoms with Crippen LogP contribution in [0, 0.1) is 0 Å². The normalized spacial score (nSPS) is 4.42. The van der Waals surface area contributed by atoms with Crippen molar-refractivity contribution in [3.05, 3.63) is 0 Å². The van der Waals surface area contributed by atoms with Gasteiger partial charge in [-0.3, -0.25) is 4.79 Å². The maximum atomic E-state index is 9.65. The molecule has 0 amide bonds. The third-order valence-electron chi connectivity index (χ3n) is 0.231. The number of carbonyl (C=O) groups excluding carboxylic acids is 1. The van der Waals surface area contributed by atoms with Gasteiger partial charge in [0, 0.05) is 6.92 Å². The van der Waals surface area contributed by atoms with Gasteiger partial charge in [-0.1, -0.05) is 0 Å². The Kier molecular flexibility index (Phi) is 72.6. The Bertz CT molecular complexity index is 92.8. The second-order valence-electron chi connectivity index (χ2n) is 0.860. The molecule has 7 N–H and O–H groups in total. The van der Waals surface area contributed by atoms with E-state index in [-0.39, 0.29) is 75.5 Å². The van der Waals surface area contributed by atoms with Crippen LogP contribution in [0.4, 0.5) is 4.79 Å². The molecule has 0 aromatic rings. The molecule has 0 heterocycles. The van der Waals surface area contributed by atoms with Gasteiger partial charge in [0.2, 0.25) is 0 Å². The third kappa shape index (κ3) is 44.9. The zero-order chi connectivity index (χ0) is 5.86. The fraction of sp³-hybridized carbons (Fsp3) is 0.333. The summed E-state index contributed by atoms with van der Waals surface area (Å²) in [4.78, 5) is 19.0. The van der Waals surface area contributed by atoms with Crippen molar-refractivity contribution in [1.82, 2.24) is 0 Å². The van der Waals surface area contributed by atoms with Crippen LogP contribution in [0.5, 0.6) is 0 Å². The number of esters is 1. The molecule has 9 heteroatoms. The predicted molar refractivity (Wildman–Crippen MR) is 44.9 cm³/mol. The van der Waals surface area contributed by atoms with E-state index in [4.69, 9.17) is 5.11 Å². The molecule has 0 aliphatic heterocycles. The Balaban J connectivity index is -0.0000000180. The molecule has 7 nitrogen and oxygen atoms in total. The summed E-state index contributed by atoms with van der Waals surface area (Å²) in [5.74, 6) is -0.812. The van der Waals surface area contributed by atoms with E-state index in [2.05, 4.69) is 4.74 Å². The molecule has 0 rings (SSSR count). The van der Waals surface area contributed by atoms with Crippen LogP contribution in [0.3, 0.4) is 0 Å². The topological polar surface area (TPSA) is 158 Å². The summed E-state index contributed by atoms with van der Waals surface area (Å²) in [7, 11) is 0. The fourth-order valence-electron chi connectivity index (χ4n) is 0.123. The maximum absolute atomic E-state index is 9.65. The molecule has 0 saturated carbocycles. The van der Waals surface area contributed by atoms with Crippen molar-refractivity contribution in [3.8, 4) is 0 Å². The van der Waals surface area contributed by atoms with Crippen molar-refractivity contribution >= 4 is 71.2 Å². The van der Waals surface area contributed by atoms with Crippen molar-refractivity contribution in [2.24, 2.45) is 0 Å². The second kappa shape index (κ2) is 22.6. The molecule has 0 aromatic heterocycles. The van der Waals surface area contributed by atoms with E-state index in [9.17, 15) is 9.59 Å². The van der Waals surface area contributed by atoms with Gasteiger partial charge in [0.05, 0.1) is 0 Å². The van der Waals surface area contributed by atoms with Crippen LogP contribution in [0.15, 0.2) is 0 Å². The van der Waals surface area contributed by atoms with Crippen LogP contribution in [0.25, 0.3) is 0 Å². The third-order valence-corrected chi connectivity index (χ3v) is 0.231.